The molecule has 214 valence electrons. The normalized spacial score (nSPS) is 25.3. The second-order valence-electron chi connectivity index (χ2n) is 11.6. The molecule has 1 aliphatic carbocycles. The van der Waals surface area contributed by atoms with Gasteiger partial charge in [-0.15, -0.1) is 0 Å². The summed E-state index contributed by atoms with van der Waals surface area (Å²) in [6, 6.07) is 4.98. The number of carbonyl (C=O) groups is 2. The fourth-order valence-corrected chi connectivity index (χ4v) is 5.43. The van der Waals surface area contributed by atoms with Crippen molar-refractivity contribution >= 4 is 17.5 Å². The second kappa shape index (κ2) is 14.8. The van der Waals surface area contributed by atoms with Gasteiger partial charge in [0.05, 0.1) is 30.4 Å². The highest BCUT2D eigenvalue weighted by Crippen LogP contribution is 2.30. The molecular formula is C30H49N3O5. The standard InChI is InChI=1S/C30H49N3O5/c1-21-18-33(22(2)20-34)30(36)26-17-25(31-29(35)24-12-7-6-8-13-24)14-15-27(26)38-23(3)11-9-10-16-37-28(21)19-32(4)5/h14-15,17,21-24,28,34H,6-13,16,18-20H2,1-5H3,(H,31,35)/t21-,22+,23+,28-/m1/s1. The first kappa shape index (κ1) is 30.4. The van der Waals surface area contributed by atoms with Gasteiger partial charge in [0.2, 0.25) is 5.91 Å². The van der Waals surface area contributed by atoms with Crippen LogP contribution in [0.4, 0.5) is 5.69 Å². The zero-order valence-electron chi connectivity index (χ0n) is 24.1. The monoisotopic (exact) mass is 531 g/mol. The minimum atomic E-state index is -0.386. The maximum absolute atomic E-state index is 14.1. The van der Waals surface area contributed by atoms with Gasteiger partial charge in [-0.05, 0) is 78.2 Å². The van der Waals surface area contributed by atoms with Crippen molar-refractivity contribution in [3.63, 3.8) is 0 Å². The van der Waals surface area contributed by atoms with E-state index in [1.807, 2.05) is 34.0 Å². The van der Waals surface area contributed by atoms with Crippen molar-refractivity contribution < 1.29 is 24.2 Å². The topological polar surface area (TPSA) is 91.3 Å². The third-order valence-corrected chi connectivity index (χ3v) is 7.84. The van der Waals surface area contributed by atoms with Gasteiger partial charge in [-0.25, -0.2) is 0 Å². The van der Waals surface area contributed by atoms with Crippen molar-refractivity contribution in [2.45, 2.75) is 90.4 Å². The fourth-order valence-electron chi connectivity index (χ4n) is 5.43. The fraction of sp³-hybridized carbons (Fsp3) is 0.733. The molecule has 1 aliphatic heterocycles. The molecule has 0 spiro atoms. The zero-order valence-corrected chi connectivity index (χ0v) is 24.1. The Morgan fingerprint density at radius 1 is 1.13 bits per heavy atom. The largest absolute Gasteiger partial charge is 0.490 e. The molecule has 1 aromatic carbocycles. The van der Waals surface area contributed by atoms with Crippen molar-refractivity contribution in [1.82, 2.24) is 9.80 Å². The molecule has 0 aromatic heterocycles. The lowest BCUT2D eigenvalue weighted by molar-refractivity contribution is -0.120. The van der Waals surface area contributed by atoms with E-state index in [2.05, 4.69) is 17.1 Å². The number of hydrogen-bond donors (Lipinski definition) is 2. The number of aliphatic hydroxyl groups excluding tert-OH is 1. The van der Waals surface area contributed by atoms with Gasteiger partial charge < -0.3 is 29.7 Å². The van der Waals surface area contributed by atoms with Gasteiger partial charge in [-0.2, -0.15) is 0 Å². The van der Waals surface area contributed by atoms with Gasteiger partial charge in [0.15, 0.2) is 0 Å². The molecule has 1 saturated carbocycles. The van der Waals surface area contributed by atoms with Crippen molar-refractivity contribution in [3.8, 4) is 5.75 Å². The summed E-state index contributed by atoms with van der Waals surface area (Å²) in [5.41, 5.74) is 1.01. The second-order valence-corrected chi connectivity index (χ2v) is 11.6. The number of fused-ring (bicyclic) bond motifs is 1. The summed E-state index contributed by atoms with van der Waals surface area (Å²) >= 11 is 0. The number of hydrogen-bond acceptors (Lipinski definition) is 6. The Morgan fingerprint density at radius 3 is 2.53 bits per heavy atom. The first-order valence-corrected chi connectivity index (χ1v) is 14.5. The highest BCUT2D eigenvalue weighted by molar-refractivity contribution is 6.00. The average molecular weight is 532 g/mol. The van der Waals surface area contributed by atoms with Crippen LogP contribution in [0.5, 0.6) is 5.75 Å². The molecule has 0 unspecified atom stereocenters. The predicted molar refractivity (Wildman–Crippen MR) is 151 cm³/mol. The SMILES string of the molecule is C[C@@H]1CN([C@@H](C)CO)C(=O)c2cc(NC(=O)C3CCCCC3)ccc2O[C@@H](C)CCCCO[C@@H]1CN(C)C. The van der Waals surface area contributed by atoms with Crippen molar-refractivity contribution in [2.75, 3.05) is 45.7 Å². The van der Waals surface area contributed by atoms with E-state index in [1.54, 1.807) is 17.0 Å². The van der Waals surface area contributed by atoms with E-state index in [9.17, 15) is 14.7 Å². The first-order valence-electron chi connectivity index (χ1n) is 14.5. The Bertz CT molecular complexity index is 902. The van der Waals surface area contributed by atoms with Crippen molar-refractivity contribution in [1.29, 1.82) is 0 Å². The number of amides is 2. The van der Waals surface area contributed by atoms with Crippen LogP contribution in [-0.2, 0) is 9.53 Å². The van der Waals surface area contributed by atoms with Gasteiger partial charge in [0, 0.05) is 37.2 Å². The molecule has 4 atom stereocenters. The minimum absolute atomic E-state index is 0.0183. The smallest absolute Gasteiger partial charge is 0.258 e. The molecule has 2 N–H and O–H groups in total. The summed E-state index contributed by atoms with van der Waals surface area (Å²) < 4.78 is 12.6. The summed E-state index contributed by atoms with van der Waals surface area (Å²) in [7, 11) is 4.05. The molecular weight excluding hydrogens is 482 g/mol. The van der Waals surface area contributed by atoms with Crippen LogP contribution < -0.4 is 10.1 Å². The molecule has 1 heterocycles. The maximum Gasteiger partial charge on any atom is 0.258 e. The molecule has 0 bridgehead atoms. The number of rotatable bonds is 6. The van der Waals surface area contributed by atoms with Gasteiger partial charge >= 0.3 is 0 Å². The molecule has 3 rings (SSSR count). The lowest BCUT2D eigenvalue weighted by atomic mass is 9.88. The molecule has 8 heteroatoms. The third kappa shape index (κ3) is 8.68. The van der Waals surface area contributed by atoms with Crippen molar-refractivity contribution in [3.05, 3.63) is 23.8 Å². The quantitative estimate of drug-likeness (QED) is 0.559. The Morgan fingerprint density at radius 2 is 1.84 bits per heavy atom. The number of ether oxygens (including phenoxy) is 2. The van der Waals surface area contributed by atoms with E-state index in [1.165, 1.54) is 6.42 Å². The molecule has 1 fully saturated rings. The summed E-state index contributed by atoms with van der Waals surface area (Å²) in [4.78, 5) is 30.9. The van der Waals surface area contributed by atoms with Crippen LogP contribution in [0.1, 0.15) is 82.5 Å². The van der Waals surface area contributed by atoms with E-state index in [0.29, 0.717) is 30.2 Å². The van der Waals surface area contributed by atoms with Crippen molar-refractivity contribution in [2.24, 2.45) is 11.8 Å². The van der Waals surface area contributed by atoms with E-state index in [-0.39, 0.29) is 48.5 Å². The van der Waals surface area contributed by atoms with Crippen LogP contribution in [0, 0.1) is 11.8 Å². The Kier molecular flexibility index (Phi) is 11.9. The van der Waals surface area contributed by atoms with Crippen LogP contribution in [-0.4, -0.2) is 85.4 Å². The molecule has 1 aromatic rings. The molecule has 8 nitrogen and oxygen atoms in total. The van der Waals surface area contributed by atoms with E-state index in [0.717, 1.165) is 51.5 Å². The minimum Gasteiger partial charge on any atom is -0.490 e. The van der Waals surface area contributed by atoms with Crippen LogP contribution in [0.3, 0.4) is 0 Å². The highest BCUT2D eigenvalue weighted by Gasteiger charge is 2.30. The Labute approximate surface area is 229 Å². The number of anilines is 1. The first-order chi connectivity index (χ1) is 18.2. The van der Waals surface area contributed by atoms with Crippen LogP contribution >= 0.6 is 0 Å². The molecule has 0 saturated heterocycles. The van der Waals surface area contributed by atoms with Gasteiger partial charge in [-0.3, -0.25) is 9.59 Å². The molecule has 0 radical (unpaired) electrons. The Hall–Kier alpha value is -2.16. The van der Waals surface area contributed by atoms with Crippen LogP contribution in [0.25, 0.3) is 0 Å². The van der Waals surface area contributed by atoms with Crippen LogP contribution in [0.15, 0.2) is 18.2 Å². The van der Waals surface area contributed by atoms with Gasteiger partial charge in [0.1, 0.15) is 5.75 Å². The molecule has 2 amide bonds. The van der Waals surface area contributed by atoms with E-state index >= 15 is 0 Å². The van der Waals surface area contributed by atoms with Crippen LogP contribution in [0.2, 0.25) is 0 Å². The van der Waals surface area contributed by atoms with E-state index in [4.69, 9.17) is 9.47 Å². The maximum atomic E-state index is 14.1. The third-order valence-electron chi connectivity index (χ3n) is 7.84. The predicted octanol–water partition coefficient (Wildman–Crippen LogP) is 4.56. The average Bonchev–Trinajstić information content (AvgIpc) is 2.90. The summed E-state index contributed by atoms with van der Waals surface area (Å²) in [5, 5.41) is 13.1. The summed E-state index contributed by atoms with van der Waals surface area (Å²) in [6.45, 7) is 7.68. The number of nitrogens with one attached hydrogen (secondary N) is 1. The summed E-state index contributed by atoms with van der Waals surface area (Å²) in [5.74, 6) is 0.389. The number of nitrogens with zero attached hydrogens (tertiary/aromatic N) is 2. The highest BCUT2D eigenvalue weighted by atomic mass is 16.5. The van der Waals surface area contributed by atoms with Gasteiger partial charge in [0.25, 0.3) is 5.91 Å². The lowest BCUT2D eigenvalue weighted by Gasteiger charge is -2.35. The number of benzene rings is 1. The zero-order chi connectivity index (χ0) is 27.7. The summed E-state index contributed by atoms with van der Waals surface area (Å²) in [6.07, 6.45) is 7.81. The lowest BCUT2D eigenvalue weighted by Crippen LogP contribution is -2.47. The molecule has 38 heavy (non-hydrogen) atoms. The number of aliphatic hydroxyl groups is 1. The Balaban J connectivity index is 1.94. The molecule has 2 aliphatic rings. The number of likely N-dealkylation sites (N-methyl/N-ethyl adjacent to an activating group) is 1. The van der Waals surface area contributed by atoms with E-state index < -0.39 is 0 Å². The number of carbonyl (C=O) groups excluding carboxylic acids is 2. The van der Waals surface area contributed by atoms with Gasteiger partial charge in [-0.1, -0.05) is 26.2 Å².